The molecule has 0 saturated carbocycles. The van der Waals surface area contributed by atoms with Gasteiger partial charge in [0.1, 0.15) is 6.07 Å². The highest BCUT2D eigenvalue weighted by molar-refractivity contribution is 5.90. The monoisotopic (exact) mass is 489 g/mol. The second kappa shape index (κ2) is 11.1. The zero-order valence-corrected chi connectivity index (χ0v) is 21.1. The number of nitrogens with one attached hydrogen (secondary N) is 2. The van der Waals surface area contributed by atoms with Crippen LogP contribution in [0.25, 0.3) is 17.0 Å². The van der Waals surface area contributed by atoms with Gasteiger partial charge in [0.25, 0.3) is 0 Å². The lowest BCUT2D eigenvalue weighted by Crippen LogP contribution is -2.38. The van der Waals surface area contributed by atoms with Crippen molar-refractivity contribution in [3.8, 4) is 6.07 Å². The fraction of sp³-hybridized carbons (Fsp3) is 0.258. The number of aromatic nitrogens is 2. The number of anilines is 2. The summed E-state index contributed by atoms with van der Waals surface area (Å²) >= 11 is 0. The van der Waals surface area contributed by atoms with E-state index in [1.54, 1.807) is 12.4 Å². The first-order valence-corrected chi connectivity index (χ1v) is 12.8. The summed E-state index contributed by atoms with van der Waals surface area (Å²) in [5.74, 6) is 0.619. The van der Waals surface area contributed by atoms with Gasteiger partial charge in [-0.2, -0.15) is 5.26 Å². The SMILES string of the molecule is Cc1c(Nc2c(C#N)cncc2C=CC2CCN(C(=O)CCc3ccccc3)CC2)ccc2[nH]ccc12. The topological polar surface area (TPSA) is 84.8 Å². The first-order valence-electron chi connectivity index (χ1n) is 12.8. The molecule has 5 rings (SSSR count). The van der Waals surface area contributed by atoms with Crippen LogP contribution in [-0.2, 0) is 11.2 Å². The predicted molar refractivity (Wildman–Crippen MR) is 148 cm³/mol. The molecule has 0 bridgehead atoms. The van der Waals surface area contributed by atoms with Crippen LogP contribution in [0.2, 0.25) is 0 Å². The Hall–Kier alpha value is -4.37. The van der Waals surface area contributed by atoms with Gasteiger partial charge in [-0.15, -0.1) is 0 Å². The molecule has 4 aromatic rings. The van der Waals surface area contributed by atoms with Gasteiger partial charge < -0.3 is 15.2 Å². The minimum atomic E-state index is 0.235. The van der Waals surface area contributed by atoms with Crippen LogP contribution in [-0.4, -0.2) is 33.9 Å². The molecule has 6 nitrogen and oxygen atoms in total. The number of carbonyl (C=O) groups is 1. The molecule has 2 aromatic heterocycles. The molecule has 37 heavy (non-hydrogen) atoms. The number of amides is 1. The van der Waals surface area contributed by atoms with Gasteiger partial charge >= 0.3 is 0 Å². The van der Waals surface area contributed by atoms with Gasteiger partial charge in [0.15, 0.2) is 0 Å². The van der Waals surface area contributed by atoms with Crippen LogP contribution < -0.4 is 5.32 Å². The maximum absolute atomic E-state index is 12.7. The van der Waals surface area contributed by atoms with E-state index in [0.717, 1.165) is 65.8 Å². The zero-order valence-electron chi connectivity index (χ0n) is 21.1. The van der Waals surface area contributed by atoms with Gasteiger partial charge in [0.05, 0.1) is 11.3 Å². The summed E-state index contributed by atoms with van der Waals surface area (Å²) < 4.78 is 0. The molecule has 186 valence electrons. The van der Waals surface area contributed by atoms with E-state index in [1.807, 2.05) is 41.4 Å². The van der Waals surface area contributed by atoms with E-state index >= 15 is 0 Å². The van der Waals surface area contributed by atoms with Crippen molar-refractivity contribution in [3.05, 3.63) is 95.5 Å². The zero-order chi connectivity index (χ0) is 25.6. The number of rotatable bonds is 7. The molecule has 1 amide bonds. The standard InChI is InChI=1S/C31H31N5O/c1-22-27-13-16-34-29(27)11-10-28(22)35-31-25(20-33-21-26(31)19-32)9-7-24-14-17-36(18-15-24)30(37)12-8-23-5-3-2-4-6-23/h2-7,9-11,13,16,20-21,24,34H,8,12,14-15,17-18H2,1H3,(H,33,35). The van der Waals surface area contributed by atoms with Crippen LogP contribution in [0.15, 0.2) is 73.2 Å². The quantitative estimate of drug-likeness (QED) is 0.316. The number of nitrogens with zero attached hydrogens (tertiary/aromatic N) is 3. The average Bonchev–Trinajstić information content (AvgIpc) is 3.43. The van der Waals surface area contributed by atoms with Crippen LogP contribution in [0.5, 0.6) is 0 Å². The lowest BCUT2D eigenvalue weighted by molar-refractivity contribution is -0.132. The van der Waals surface area contributed by atoms with E-state index < -0.39 is 0 Å². The van der Waals surface area contributed by atoms with E-state index in [0.29, 0.717) is 17.9 Å². The molecule has 0 radical (unpaired) electrons. The van der Waals surface area contributed by atoms with E-state index in [2.05, 4.69) is 58.6 Å². The highest BCUT2D eigenvalue weighted by atomic mass is 16.2. The number of allylic oxidation sites excluding steroid dienone is 1. The summed E-state index contributed by atoms with van der Waals surface area (Å²) in [6.07, 6.45) is 12.8. The van der Waals surface area contributed by atoms with E-state index in [-0.39, 0.29) is 5.91 Å². The summed E-state index contributed by atoms with van der Waals surface area (Å²) in [5.41, 5.74) is 6.53. The maximum Gasteiger partial charge on any atom is 0.222 e. The number of hydrogen-bond acceptors (Lipinski definition) is 4. The number of piperidine rings is 1. The number of benzene rings is 2. The van der Waals surface area contributed by atoms with Crippen LogP contribution in [0, 0.1) is 24.2 Å². The molecule has 6 heteroatoms. The van der Waals surface area contributed by atoms with Crippen molar-refractivity contribution in [1.82, 2.24) is 14.9 Å². The minimum absolute atomic E-state index is 0.235. The Morgan fingerprint density at radius 3 is 2.76 bits per heavy atom. The first kappa shape index (κ1) is 24.3. The Kier molecular flexibility index (Phi) is 7.32. The van der Waals surface area contributed by atoms with Crippen molar-refractivity contribution in [2.45, 2.75) is 32.6 Å². The van der Waals surface area contributed by atoms with Gasteiger partial charge in [-0.1, -0.05) is 42.5 Å². The Bertz CT molecular complexity index is 1460. The third-order valence-corrected chi connectivity index (χ3v) is 7.27. The number of hydrogen-bond donors (Lipinski definition) is 2. The molecule has 0 spiro atoms. The van der Waals surface area contributed by atoms with E-state index in [4.69, 9.17) is 0 Å². The third-order valence-electron chi connectivity index (χ3n) is 7.27. The fourth-order valence-electron chi connectivity index (χ4n) is 5.02. The number of pyridine rings is 1. The molecule has 1 aliphatic rings. The second-order valence-corrected chi connectivity index (χ2v) is 9.63. The summed E-state index contributed by atoms with van der Waals surface area (Å²) in [5, 5.41) is 14.4. The van der Waals surface area contributed by atoms with Crippen molar-refractivity contribution in [3.63, 3.8) is 0 Å². The number of likely N-dealkylation sites (tertiary alicyclic amines) is 1. The lowest BCUT2D eigenvalue weighted by atomic mass is 9.95. The highest BCUT2D eigenvalue weighted by Gasteiger charge is 2.21. The summed E-state index contributed by atoms with van der Waals surface area (Å²) in [7, 11) is 0. The molecule has 0 aliphatic carbocycles. The molecule has 2 aromatic carbocycles. The van der Waals surface area contributed by atoms with Crippen molar-refractivity contribution < 1.29 is 4.79 Å². The van der Waals surface area contributed by atoms with Crippen molar-refractivity contribution in [2.75, 3.05) is 18.4 Å². The van der Waals surface area contributed by atoms with Crippen molar-refractivity contribution in [1.29, 1.82) is 5.26 Å². The molecule has 0 unspecified atom stereocenters. The minimum Gasteiger partial charge on any atom is -0.361 e. The molecule has 1 aliphatic heterocycles. The van der Waals surface area contributed by atoms with Gasteiger partial charge in [0.2, 0.25) is 5.91 Å². The van der Waals surface area contributed by atoms with Gasteiger partial charge in [-0.05, 0) is 61.4 Å². The van der Waals surface area contributed by atoms with Crippen LogP contribution in [0.1, 0.15) is 41.5 Å². The average molecular weight is 490 g/mol. The number of aryl methyl sites for hydroxylation is 2. The normalized spacial score (nSPS) is 14.2. The molecule has 3 heterocycles. The molecular weight excluding hydrogens is 458 g/mol. The second-order valence-electron chi connectivity index (χ2n) is 9.63. The molecule has 1 saturated heterocycles. The van der Waals surface area contributed by atoms with Gasteiger partial charge in [-0.25, -0.2) is 0 Å². The Morgan fingerprint density at radius 2 is 1.97 bits per heavy atom. The van der Waals surface area contributed by atoms with Crippen LogP contribution >= 0.6 is 0 Å². The van der Waals surface area contributed by atoms with Crippen LogP contribution in [0.3, 0.4) is 0 Å². The number of carbonyl (C=O) groups excluding carboxylic acids is 1. The number of aromatic amines is 1. The number of nitriles is 1. The Balaban J connectivity index is 1.24. The molecule has 1 fully saturated rings. The summed E-state index contributed by atoms with van der Waals surface area (Å²) in [4.78, 5) is 22.2. The van der Waals surface area contributed by atoms with Crippen molar-refractivity contribution >= 4 is 34.3 Å². The molecule has 2 N–H and O–H groups in total. The predicted octanol–water partition coefficient (Wildman–Crippen LogP) is 6.37. The Labute approximate surface area is 217 Å². The first-order chi connectivity index (χ1) is 18.1. The van der Waals surface area contributed by atoms with Gasteiger partial charge in [0, 0.05) is 60.3 Å². The highest BCUT2D eigenvalue weighted by Crippen LogP contribution is 2.31. The lowest BCUT2D eigenvalue weighted by Gasteiger charge is -2.31. The van der Waals surface area contributed by atoms with Crippen LogP contribution in [0.4, 0.5) is 11.4 Å². The smallest absolute Gasteiger partial charge is 0.222 e. The third kappa shape index (κ3) is 5.57. The fourth-order valence-corrected chi connectivity index (χ4v) is 5.02. The Morgan fingerprint density at radius 1 is 1.16 bits per heavy atom. The molecular formula is C31H31N5O. The van der Waals surface area contributed by atoms with Crippen molar-refractivity contribution in [2.24, 2.45) is 5.92 Å². The van der Waals surface area contributed by atoms with Gasteiger partial charge in [-0.3, -0.25) is 9.78 Å². The number of H-pyrrole nitrogens is 1. The summed E-state index contributed by atoms with van der Waals surface area (Å²) in [6, 6.07) is 18.6. The molecule has 0 atom stereocenters. The van der Waals surface area contributed by atoms with E-state index in [9.17, 15) is 10.1 Å². The maximum atomic E-state index is 12.7. The largest absolute Gasteiger partial charge is 0.361 e. The number of fused-ring (bicyclic) bond motifs is 1. The summed E-state index contributed by atoms with van der Waals surface area (Å²) in [6.45, 7) is 3.64. The van der Waals surface area contributed by atoms with E-state index in [1.165, 1.54) is 5.56 Å².